The fourth-order valence-electron chi connectivity index (χ4n) is 2.27. The first-order valence-corrected chi connectivity index (χ1v) is 8.11. The van der Waals surface area contributed by atoms with Gasteiger partial charge < -0.3 is 20.6 Å². The highest BCUT2D eigenvalue weighted by Crippen LogP contribution is 2.19. The van der Waals surface area contributed by atoms with Gasteiger partial charge in [-0.15, -0.1) is 0 Å². The molecule has 0 bridgehead atoms. The molecule has 0 saturated heterocycles. The summed E-state index contributed by atoms with van der Waals surface area (Å²) >= 11 is 0. The third-order valence-electron chi connectivity index (χ3n) is 3.97. The second kappa shape index (κ2) is 7.81. The van der Waals surface area contributed by atoms with E-state index in [-0.39, 0.29) is 30.6 Å². The van der Waals surface area contributed by atoms with Crippen LogP contribution in [0.2, 0.25) is 0 Å². The molecular formula is C17H23N3O4. The molecule has 130 valence electrons. The van der Waals surface area contributed by atoms with Gasteiger partial charge in [-0.25, -0.2) is 4.79 Å². The van der Waals surface area contributed by atoms with Gasteiger partial charge in [0.2, 0.25) is 0 Å². The molecule has 1 aliphatic rings. The first-order chi connectivity index (χ1) is 11.4. The van der Waals surface area contributed by atoms with E-state index in [9.17, 15) is 14.4 Å². The lowest BCUT2D eigenvalue weighted by atomic mass is 10.1. The highest BCUT2D eigenvalue weighted by molar-refractivity contribution is 5.98. The van der Waals surface area contributed by atoms with Crippen LogP contribution >= 0.6 is 0 Å². The Balaban J connectivity index is 2.10. The number of nitrogens with zero attached hydrogens (tertiary/aromatic N) is 1. The lowest BCUT2D eigenvalue weighted by Crippen LogP contribution is -2.41. The van der Waals surface area contributed by atoms with Crippen molar-refractivity contribution in [2.24, 2.45) is 0 Å². The van der Waals surface area contributed by atoms with Gasteiger partial charge in [-0.2, -0.15) is 0 Å². The fourth-order valence-corrected chi connectivity index (χ4v) is 2.27. The number of anilines is 1. The molecule has 0 spiro atoms. The minimum Gasteiger partial charge on any atom is -0.480 e. The first kappa shape index (κ1) is 17.8. The van der Waals surface area contributed by atoms with Crippen molar-refractivity contribution in [3.63, 3.8) is 0 Å². The van der Waals surface area contributed by atoms with Crippen molar-refractivity contribution in [3.8, 4) is 0 Å². The second-order valence-electron chi connectivity index (χ2n) is 6.04. The molecule has 1 saturated carbocycles. The number of hydrogen-bond acceptors (Lipinski definition) is 3. The smallest absolute Gasteiger partial charge is 0.323 e. The molecular weight excluding hydrogens is 310 g/mol. The number of carboxylic acid groups (broad SMARTS) is 1. The van der Waals surface area contributed by atoms with E-state index in [1.165, 1.54) is 4.90 Å². The zero-order valence-corrected chi connectivity index (χ0v) is 13.9. The van der Waals surface area contributed by atoms with Crippen LogP contribution < -0.4 is 10.6 Å². The molecule has 1 aliphatic carbocycles. The summed E-state index contributed by atoms with van der Waals surface area (Å²) in [5.74, 6) is -1.42. The second-order valence-corrected chi connectivity index (χ2v) is 6.04. The van der Waals surface area contributed by atoms with Crippen molar-refractivity contribution in [2.75, 3.05) is 11.9 Å². The van der Waals surface area contributed by atoms with Crippen LogP contribution in [0.1, 0.15) is 43.5 Å². The number of rotatable bonds is 7. The molecule has 0 heterocycles. The standard InChI is InChI=1S/C17H23N3O4/c1-3-11(2)20(10-15(21)22)16(23)12-5-4-6-14(9-12)19-17(24)18-13-7-8-13/h4-6,9,11,13H,3,7-8,10H2,1-2H3,(H,21,22)(H2,18,19,24). The molecule has 7 heteroatoms. The highest BCUT2D eigenvalue weighted by atomic mass is 16.4. The summed E-state index contributed by atoms with van der Waals surface area (Å²) in [6.45, 7) is 3.35. The van der Waals surface area contributed by atoms with E-state index in [4.69, 9.17) is 5.11 Å². The molecule has 3 N–H and O–H groups in total. The van der Waals surface area contributed by atoms with Crippen molar-refractivity contribution in [1.82, 2.24) is 10.2 Å². The van der Waals surface area contributed by atoms with Gasteiger partial charge in [0.1, 0.15) is 6.54 Å². The Labute approximate surface area is 141 Å². The number of benzene rings is 1. The van der Waals surface area contributed by atoms with E-state index in [1.54, 1.807) is 24.3 Å². The summed E-state index contributed by atoms with van der Waals surface area (Å²) in [5.41, 5.74) is 0.846. The molecule has 1 atom stereocenters. The van der Waals surface area contributed by atoms with Crippen LogP contribution in [-0.4, -0.2) is 46.5 Å². The summed E-state index contributed by atoms with van der Waals surface area (Å²) < 4.78 is 0. The average Bonchev–Trinajstić information content (AvgIpc) is 3.35. The van der Waals surface area contributed by atoms with Gasteiger partial charge >= 0.3 is 12.0 Å². The maximum Gasteiger partial charge on any atom is 0.323 e. The first-order valence-electron chi connectivity index (χ1n) is 8.11. The van der Waals surface area contributed by atoms with E-state index in [1.807, 2.05) is 13.8 Å². The minimum absolute atomic E-state index is 0.191. The van der Waals surface area contributed by atoms with Crippen LogP contribution in [0.15, 0.2) is 24.3 Å². The van der Waals surface area contributed by atoms with Gasteiger partial charge in [-0.1, -0.05) is 13.0 Å². The van der Waals surface area contributed by atoms with Crippen molar-refractivity contribution in [3.05, 3.63) is 29.8 Å². The van der Waals surface area contributed by atoms with Gasteiger partial charge in [0.15, 0.2) is 0 Å². The van der Waals surface area contributed by atoms with E-state index < -0.39 is 5.97 Å². The van der Waals surface area contributed by atoms with Gasteiger partial charge in [-0.05, 0) is 44.4 Å². The molecule has 1 unspecified atom stereocenters. The largest absolute Gasteiger partial charge is 0.480 e. The third kappa shape index (κ3) is 4.97. The van der Waals surface area contributed by atoms with Crippen molar-refractivity contribution in [1.29, 1.82) is 0 Å². The van der Waals surface area contributed by atoms with Crippen LogP contribution in [0.25, 0.3) is 0 Å². The number of carbonyl (C=O) groups is 3. The summed E-state index contributed by atoms with van der Waals surface area (Å²) in [5, 5.41) is 14.5. The van der Waals surface area contributed by atoms with Crippen molar-refractivity contribution >= 4 is 23.6 Å². The van der Waals surface area contributed by atoms with Gasteiger partial charge in [-0.3, -0.25) is 9.59 Å². The maximum absolute atomic E-state index is 12.6. The van der Waals surface area contributed by atoms with E-state index >= 15 is 0 Å². The molecule has 0 aromatic heterocycles. The lowest BCUT2D eigenvalue weighted by Gasteiger charge is -2.27. The molecule has 0 aliphatic heterocycles. The zero-order valence-electron chi connectivity index (χ0n) is 13.9. The zero-order chi connectivity index (χ0) is 17.7. The summed E-state index contributed by atoms with van der Waals surface area (Å²) in [7, 11) is 0. The minimum atomic E-state index is -1.05. The predicted octanol–water partition coefficient (Wildman–Crippen LogP) is 2.30. The average molecular weight is 333 g/mol. The van der Waals surface area contributed by atoms with Crippen molar-refractivity contribution in [2.45, 2.75) is 45.2 Å². The summed E-state index contributed by atoms with van der Waals surface area (Å²) in [4.78, 5) is 36.8. The topological polar surface area (TPSA) is 98.7 Å². The molecule has 3 amide bonds. The number of hydrogen-bond donors (Lipinski definition) is 3. The molecule has 1 aromatic carbocycles. The van der Waals surface area contributed by atoms with Crippen LogP contribution in [-0.2, 0) is 4.79 Å². The number of urea groups is 1. The Hall–Kier alpha value is -2.57. The maximum atomic E-state index is 12.6. The number of amides is 3. The third-order valence-corrected chi connectivity index (χ3v) is 3.97. The van der Waals surface area contributed by atoms with Gasteiger partial charge in [0.05, 0.1) is 0 Å². The van der Waals surface area contributed by atoms with Gasteiger partial charge in [0, 0.05) is 23.3 Å². The summed E-state index contributed by atoms with van der Waals surface area (Å²) in [6.07, 6.45) is 2.64. The van der Waals surface area contributed by atoms with E-state index in [0.717, 1.165) is 12.8 Å². The van der Waals surface area contributed by atoms with Crippen LogP contribution in [0, 0.1) is 0 Å². The Morgan fingerprint density at radius 3 is 2.62 bits per heavy atom. The Morgan fingerprint density at radius 2 is 2.04 bits per heavy atom. The SMILES string of the molecule is CCC(C)N(CC(=O)O)C(=O)c1cccc(NC(=O)NC2CC2)c1. The van der Waals surface area contributed by atoms with E-state index in [2.05, 4.69) is 10.6 Å². The number of aliphatic carboxylic acids is 1. The molecule has 0 radical (unpaired) electrons. The normalized spacial score (nSPS) is 14.6. The number of carboxylic acids is 1. The molecule has 7 nitrogen and oxygen atoms in total. The molecule has 24 heavy (non-hydrogen) atoms. The molecule has 1 fully saturated rings. The van der Waals surface area contributed by atoms with Crippen LogP contribution in [0.4, 0.5) is 10.5 Å². The Kier molecular flexibility index (Phi) is 5.78. The van der Waals surface area contributed by atoms with Crippen LogP contribution in [0.3, 0.4) is 0 Å². The fraction of sp³-hybridized carbons (Fsp3) is 0.471. The number of carbonyl (C=O) groups excluding carboxylic acids is 2. The Bertz CT molecular complexity index is 628. The number of nitrogens with one attached hydrogen (secondary N) is 2. The van der Waals surface area contributed by atoms with Gasteiger partial charge in [0.25, 0.3) is 5.91 Å². The quantitative estimate of drug-likeness (QED) is 0.713. The predicted molar refractivity (Wildman–Crippen MR) is 90.0 cm³/mol. The lowest BCUT2D eigenvalue weighted by molar-refractivity contribution is -0.138. The molecule has 2 rings (SSSR count). The van der Waals surface area contributed by atoms with Crippen LogP contribution in [0.5, 0.6) is 0 Å². The molecule has 1 aromatic rings. The van der Waals surface area contributed by atoms with Crippen molar-refractivity contribution < 1.29 is 19.5 Å². The monoisotopic (exact) mass is 333 g/mol. The summed E-state index contributed by atoms with van der Waals surface area (Å²) in [6, 6.07) is 6.28. The van der Waals surface area contributed by atoms with E-state index in [0.29, 0.717) is 17.7 Å². The Morgan fingerprint density at radius 1 is 1.33 bits per heavy atom. The highest BCUT2D eigenvalue weighted by Gasteiger charge is 2.24.